The number of amides is 1. The van der Waals surface area contributed by atoms with Crippen LogP contribution in [0.1, 0.15) is 32.0 Å². The van der Waals surface area contributed by atoms with Gasteiger partial charge in [0.05, 0.1) is 45.6 Å². The highest BCUT2D eigenvalue weighted by Gasteiger charge is 2.47. The van der Waals surface area contributed by atoms with Gasteiger partial charge in [0.2, 0.25) is 5.78 Å². The molecule has 0 fully saturated rings. The quantitative estimate of drug-likeness (QED) is 0.307. The van der Waals surface area contributed by atoms with E-state index in [1.807, 2.05) is 0 Å². The molecule has 0 spiro atoms. The van der Waals surface area contributed by atoms with Gasteiger partial charge in [-0.05, 0) is 50.2 Å². The summed E-state index contributed by atoms with van der Waals surface area (Å²) in [5.41, 5.74) is 1.56. The van der Waals surface area contributed by atoms with E-state index in [0.29, 0.717) is 48.3 Å². The lowest BCUT2D eigenvalue weighted by Gasteiger charge is -2.26. The van der Waals surface area contributed by atoms with Crippen molar-refractivity contribution >= 4 is 61.3 Å². The normalized spacial score (nSPS) is 15.8. The largest absolute Gasteiger partial charge is 0.503 e. The van der Waals surface area contributed by atoms with Crippen LogP contribution in [0, 0.1) is 13.8 Å². The number of thiazole rings is 2. The van der Waals surface area contributed by atoms with Gasteiger partial charge >= 0.3 is 0 Å². The number of carbonyl (C=O) groups excluding carboxylic acids is 2. The summed E-state index contributed by atoms with van der Waals surface area (Å²) in [5, 5.41) is 12.6. The zero-order valence-electron chi connectivity index (χ0n) is 19.7. The fourth-order valence-corrected chi connectivity index (χ4v) is 6.38. The average molecular weight is 542 g/mol. The van der Waals surface area contributed by atoms with Gasteiger partial charge in [-0.2, -0.15) is 0 Å². The Labute approximate surface area is 219 Å². The molecule has 0 saturated carbocycles. The number of aliphatic hydroxyl groups is 1. The number of rotatable bonds is 6. The first-order valence-electron chi connectivity index (χ1n) is 10.8. The highest BCUT2D eigenvalue weighted by Crippen LogP contribution is 2.47. The number of fused-ring (bicyclic) bond motifs is 1. The van der Waals surface area contributed by atoms with E-state index in [1.54, 1.807) is 50.2 Å². The van der Waals surface area contributed by atoms with Gasteiger partial charge < -0.3 is 14.6 Å². The van der Waals surface area contributed by atoms with Gasteiger partial charge in [0.1, 0.15) is 17.5 Å². The van der Waals surface area contributed by atoms with Gasteiger partial charge in [0.15, 0.2) is 10.9 Å². The Morgan fingerprint density at radius 3 is 2.53 bits per heavy atom. The second-order valence-corrected chi connectivity index (χ2v) is 10.7. The number of Topliss-reactive ketones (excluding diaryl/α,β-unsaturated/α-hetero) is 1. The standard InChI is InChI=1S/C25H20ClN3O5S2/c1-11-23(35-12(2)27-11)21(30)19-20(15-10-14(33-3)6-8-17(15)34-4)29(24(32)22(19)31)25-28-16-7-5-13(26)9-18(16)36-25/h5-10,20,31H,1-4H3. The van der Waals surface area contributed by atoms with Crippen molar-refractivity contribution in [1.29, 1.82) is 0 Å². The third kappa shape index (κ3) is 3.91. The number of benzene rings is 2. The number of aliphatic hydroxyl groups excluding tert-OH is 1. The second-order valence-electron chi connectivity index (χ2n) is 8.03. The van der Waals surface area contributed by atoms with Crippen LogP contribution in [0.5, 0.6) is 11.5 Å². The third-order valence-electron chi connectivity index (χ3n) is 5.84. The Kier molecular flexibility index (Phi) is 6.19. The fraction of sp³-hybridized carbons (Fsp3) is 0.200. The number of hydrogen-bond acceptors (Lipinski definition) is 9. The molecule has 2 aromatic carbocycles. The molecule has 8 nitrogen and oxygen atoms in total. The lowest BCUT2D eigenvalue weighted by atomic mass is 9.94. The van der Waals surface area contributed by atoms with Crippen molar-refractivity contribution < 1.29 is 24.2 Å². The summed E-state index contributed by atoms with van der Waals surface area (Å²) in [6.45, 7) is 3.52. The number of aromatic nitrogens is 2. The minimum absolute atomic E-state index is 0.0735. The van der Waals surface area contributed by atoms with E-state index in [0.717, 1.165) is 4.70 Å². The highest BCUT2D eigenvalue weighted by atomic mass is 35.5. The lowest BCUT2D eigenvalue weighted by molar-refractivity contribution is -0.117. The number of hydrogen-bond donors (Lipinski definition) is 1. The first-order chi connectivity index (χ1) is 17.2. The summed E-state index contributed by atoms with van der Waals surface area (Å²) in [6.07, 6.45) is 0. The summed E-state index contributed by atoms with van der Waals surface area (Å²) < 4.78 is 11.8. The van der Waals surface area contributed by atoms with Crippen LogP contribution in [-0.2, 0) is 4.79 Å². The maximum atomic E-state index is 13.8. The number of halogens is 1. The van der Waals surface area contributed by atoms with Crippen LogP contribution in [0.4, 0.5) is 5.13 Å². The summed E-state index contributed by atoms with van der Waals surface area (Å²) in [7, 11) is 3.01. The summed E-state index contributed by atoms with van der Waals surface area (Å²) in [5.74, 6) is -0.947. The Bertz CT molecular complexity index is 1580. The Hall–Kier alpha value is -3.47. The molecule has 2 aromatic heterocycles. The van der Waals surface area contributed by atoms with Gasteiger partial charge in [-0.3, -0.25) is 14.5 Å². The van der Waals surface area contributed by atoms with E-state index >= 15 is 0 Å². The van der Waals surface area contributed by atoms with Crippen molar-refractivity contribution in [3.05, 3.63) is 73.9 Å². The van der Waals surface area contributed by atoms with Gasteiger partial charge in [0.25, 0.3) is 5.91 Å². The average Bonchev–Trinajstić information content (AvgIpc) is 3.50. The molecule has 1 atom stereocenters. The number of ketones is 1. The molecule has 3 heterocycles. The van der Waals surface area contributed by atoms with Crippen LogP contribution < -0.4 is 14.4 Å². The molecule has 0 bridgehead atoms. The zero-order valence-corrected chi connectivity index (χ0v) is 22.0. The number of methoxy groups -OCH3 is 2. The predicted molar refractivity (Wildman–Crippen MR) is 140 cm³/mol. The Morgan fingerprint density at radius 1 is 1.08 bits per heavy atom. The molecule has 5 rings (SSSR count). The van der Waals surface area contributed by atoms with E-state index < -0.39 is 23.5 Å². The molecular weight excluding hydrogens is 522 g/mol. The molecule has 1 unspecified atom stereocenters. The molecule has 0 aliphatic carbocycles. The van der Waals surface area contributed by atoms with Crippen LogP contribution in [0.3, 0.4) is 0 Å². The van der Waals surface area contributed by atoms with E-state index in [9.17, 15) is 14.7 Å². The molecular formula is C25H20ClN3O5S2. The van der Waals surface area contributed by atoms with Gasteiger partial charge in [-0.1, -0.05) is 22.9 Å². The molecule has 1 aliphatic heterocycles. The maximum absolute atomic E-state index is 13.8. The minimum Gasteiger partial charge on any atom is -0.503 e. The van der Waals surface area contributed by atoms with E-state index in [-0.39, 0.29) is 5.57 Å². The number of nitrogens with zero attached hydrogens (tertiary/aromatic N) is 3. The van der Waals surface area contributed by atoms with Crippen molar-refractivity contribution in [3.63, 3.8) is 0 Å². The SMILES string of the molecule is COc1ccc(OC)c(C2C(C(=O)c3sc(C)nc3C)=C(O)C(=O)N2c2nc3ccc(Cl)cc3s2)c1. The van der Waals surface area contributed by atoms with Crippen molar-refractivity contribution in [2.75, 3.05) is 19.1 Å². The highest BCUT2D eigenvalue weighted by molar-refractivity contribution is 7.22. The predicted octanol–water partition coefficient (Wildman–Crippen LogP) is 5.82. The van der Waals surface area contributed by atoms with Crippen molar-refractivity contribution in [1.82, 2.24) is 9.97 Å². The van der Waals surface area contributed by atoms with Crippen molar-refractivity contribution in [2.24, 2.45) is 0 Å². The third-order valence-corrected chi connectivity index (χ3v) is 8.16. The lowest BCUT2D eigenvalue weighted by Crippen LogP contribution is -2.31. The number of anilines is 1. The summed E-state index contributed by atoms with van der Waals surface area (Å²) >= 11 is 8.60. The van der Waals surface area contributed by atoms with Gasteiger partial charge in [-0.15, -0.1) is 11.3 Å². The van der Waals surface area contributed by atoms with E-state index in [4.69, 9.17) is 21.1 Å². The van der Waals surface area contributed by atoms with Crippen LogP contribution in [0.25, 0.3) is 10.2 Å². The zero-order chi connectivity index (χ0) is 25.7. The molecule has 11 heteroatoms. The smallest absolute Gasteiger partial charge is 0.296 e. The summed E-state index contributed by atoms with van der Waals surface area (Å²) in [4.78, 5) is 38.0. The molecule has 0 radical (unpaired) electrons. The van der Waals surface area contributed by atoms with Crippen molar-refractivity contribution in [2.45, 2.75) is 19.9 Å². The summed E-state index contributed by atoms with van der Waals surface area (Å²) in [6, 6.07) is 9.28. The first kappa shape index (κ1) is 24.2. The van der Waals surface area contributed by atoms with Crippen molar-refractivity contribution in [3.8, 4) is 11.5 Å². The van der Waals surface area contributed by atoms with Gasteiger partial charge in [0, 0.05) is 10.6 Å². The van der Waals surface area contributed by atoms with Crippen LogP contribution in [0.15, 0.2) is 47.7 Å². The monoisotopic (exact) mass is 541 g/mol. The van der Waals surface area contributed by atoms with Crippen LogP contribution >= 0.6 is 34.3 Å². The molecule has 4 aromatic rings. The topological polar surface area (TPSA) is 102 Å². The van der Waals surface area contributed by atoms with Crippen LogP contribution in [-0.4, -0.2) is 41.0 Å². The number of carbonyl (C=O) groups is 2. The Morgan fingerprint density at radius 2 is 1.86 bits per heavy atom. The van der Waals surface area contributed by atoms with E-state index in [2.05, 4.69) is 9.97 Å². The maximum Gasteiger partial charge on any atom is 0.296 e. The molecule has 1 N–H and O–H groups in total. The minimum atomic E-state index is -1.02. The molecule has 1 aliphatic rings. The number of aryl methyl sites for hydroxylation is 2. The molecule has 36 heavy (non-hydrogen) atoms. The Balaban J connectivity index is 1.75. The van der Waals surface area contributed by atoms with E-state index in [1.165, 1.54) is 41.8 Å². The van der Waals surface area contributed by atoms with Crippen LogP contribution in [0.2, 0.25) is 5.02 Å². The fourth-order valence-electron chi connectivity index (χ4n) is 4.24. The molecule has 0 saturated heterocycles. The first-order valence-corrected chi connectivity index (χ1v) is 12.8. The van der Waals surface area contributed by atoms with Gasteiger partial charge in [-0.25, -0.2) is 9.97 Å². The number of ether oxygens (including phenoxy) is 2. The molecule has 1 amide bonds. The molecule has 184 valence electrons. The second kappa shape index (κ2) is 9.20.